The minimum atomic E-state index is 0.0344. The molecule has 1 aliphatic heterocycles. The summed E-state index contributed by atoms with van der Waals surface area (Å²) >= 11 is 7.92. The van der Waals surface area contributed by atoms with Gasteiger partial charge in [-0.1, -0.05) is 22.9 Å². The minimum Gasteiger partial charge on any atom is -0.355 e. The van der Waals surface area contributed by atoms with Crippen LogP contribution in [0.4, 0.5) is 5.13 Å². The van der Waals surface area contributed by atoms with Crippen LogP contribution in [0.15, 0.2) is 12.1 Å². The second-order valence-electron chi connectivity index (χ2n) is 5.83. The number of benzene rings is 1. The number of aromatic nitrogens is 1. The van der Waals surface area contributed by atoms with E-state index >= 15 is 0 Å². The summed E-state index contributed by atoms with van der Waals surface area (Å²) in [6.07, 6.45) is 0. The lowest BCUT2D eigenvalue weighted by Gasteiger charge is -2.34. The topological polar surface area (TPSA) is 48.5 Å². The van der Waals surface area contributed by atoms with Gasteiger partial charge in [0.2, 0.25) is 5.91 Å². The molecule has 0 aliphatic carbocycles. The number of hydrogen-bond donors (Lipinski definition) is 1. The Morgan fingerprint density at radius 3 is 2.78 bits per heavy atom. The Morgan fingerprint density at radius 2 is 2.09 bits per heavy atom. The van der Waals surface area contributed by atoms with Crippen molar-refractivity contribution in [3.8, 4) is 0 Å². The zero-order valence-electron chi connectivity index (χ0n) is 13.4. The predicted octanol–water partition coefficient (Wildman–Crippen LogP) is 2.52. The summed E-state index contributed by atoms with van der Waals surface area (Å²) in [5.41, 5.74) is 2.08. The molecule has 2 heterocycles. The van der Waals surface area contributed by atoms with E-state index in [1.807, 2.05) is 13.0 Å². The van der Waals surface area contributed by atoms with Gasteiger partial charge in [0.1, 0.15) is 0 Å². The van der Waals surface area contributed by atoms with Crippen molar-refractivity contribution in [2.24, 2.45) is 0 Å². The molecule has 0 radical (unpaired) electrons. The maximum Gasteiger partial charge on any atom is 0.216 e. The first kappa shape index (κ1) is 16.5. The molecule has 3 rings (SSSR count). The number of carbonyl (C=O) groups is 1. The number of halogens is 1. The highest BCUT2D eigenvalue weighted by Crippen LogP contribution is 2.33. The molecule has 1 saturated heterocycles. The molecule has 23 heavy (non-hydrogen) atoms. The van der Waals surface area contributed by atoms with Crippen molar-refractivity contribution in [3.63, 3.8) is 0 Å². The van der Waals surface area contributed by atoms with Crippen LogP contribution >= 0.6 is 22.9 Å². The number of nitrogens with one attached hydrogen (secondary N) is 1. The van der Waals surface area contributed by atoms with Crippen LogP contribution < -0.4 is 10.2 Å². The van der Waals surface area contributed by atoms with Crippen LogP contribution in [0.3, 0.4) is 0 Å². The first-order valence-electron chi connectivity index (χ1n) is 7.82. The van der Waals surface area contributed by atoms with E-state index in [-0.39, 0.29) is 5.91 Å². The van der Waals surface area contributed by atoms with E-state index in [1.165, 1.54) is 4.70 Å². The Labute approximate surface area is 145 Å². The number of aryl methyl sites for hydroxylation is 1. The standard InChI is InChI=1S/C16H21ClN4OS/c1-11-13(17)3-4-14-15(11)19-16(23-14)21-9-7-20(8-10-21)6-5-18-12(2)22/h3-4H,5-10H2,1-2H3,(H,18,22). The van der Waals surface area contributed by atoms with Crippen molar-refractivity contribution in [1.29, 1.82) is 0 Å². The summed E-state index contributed by atoms with van der Waals surface area (Å²) in [4.78, 5) is 20.4. The van der Waals surface area contributed by atoms with E-state index in [2.05, 4.69) is 21.2 Å². The molecule has 0 saturated carbocycles. The SMILES string of the molecule is CC(=O)NCCN1CCN(c2nc3c(C)c(Cl)ccc3s2)CC1. The van der Waals surface area contributed by atoms with Crippen LogP contribution in [0.25, 0.3) is 10.2 Å². The second kappa shape index (κ2) is 7.03. The number of amides is 1. The van der Waals surface area contributed by atoms with Crippen LogP contribution in [-0.4, -0.2) is 55.1 Å². The highest BCUT2D eigenvalue weighted by molar-refractivity contribution is 7.22. The zero-order valence-corrected chi connectivity index (χ0v) is 15.0. The lowest BCUT2D eigenvalue weighted by molar-refractivity contribution is -0.119. The summed E-state index contributed by atoms with van der Waals surface area (Å²) in [6.45, 7) is 9.12. The highest BCUT2D eigenvalue weighted by Gasteiger charge is 2.20. The van der Waals surface area contributed by atoms with Crippen molar-refractivity contribution < 1.29 is 4.79 Å². The second-order valence-corrected chi connectivity index (χ2v) is 7.24. The maximum atomic E-state index is 10.9. The van der Waals surface area contributed by atoms with Crippen LogP contribution in [-0.2, 0) is 4.79 Å². The third-order valence-electron chi connectivity index (χ3n) is 4.18. The van der Waals surface area contributed by atoms with E-state index < -0.39 is 0 Å². The van der Waals surface area contributed by atoms with Gasteiger partial charge in [-0.2, -0.15) is 0 Å². The van der Waals surface area contributed by atoms with Crippen LogP contribution in [0.2, 0.25) is 5.02 Å². The van der Waals surface area contributed by atoms with Crippen molar-refractivity contribution in [2.75, 3.05) is 44.2 Å². The molecule has 0 unspecified atom stereocenters. The van der Waals surface area contributed by atoms with Gasteiger partial charge in [-0.25, -0.2) is 4.98 Å². The van der Waals surface area contributed by atoms with Gasteiger partial charge in [-0.15, -0.1) is 0 Å². The number of hydrogen-bond acceptors (Lipinski definition) is 5. The van der Waals surface area contributed by atoms with Gasteiger partial charge in [-0.05, 0) is 24.6 Å². The highest BCUT2D eigenvalue weighted by atomic mass is 35.5. The Bertz CT molecular complexity index is 709. The van der Waals surface area contributed by atoms with Crippen LogP contribution in [0.1, 0.15) is 12.5 Å². The van der Waals surface area contributed by atoms with E-state index in [1.54, 1.807) is 18.3 Å². The molecule has 0 atom stereocenters. The van der Waals surface area contributed by atoms with Gasteiger partial charge in [0, 0.05) is 51.2 Å². The lowest BCUT2D eigenvalue weighted by Crippen LogP contribution is -2.48. The Kier molecular flexibility index (Phi) is 5.04. The largest absolute Gasteiger partial charge is 0.355 e. The van der Waals surface area contributed by atoms with Gasteiger partial charge >= 0.3 is 0 Å². The Morgan fingerprint density at radius 1 is 1.35 bits per heavy atom. The normalized spacial score (nSPS) is 16.0. The van der Waals surface area contributed by atoms with E-state index in [9.17, 15) is 4.79 Å². The van der Waals surface area contributed by atoms with Gasteiger partial charge < -0.3 is 10.2 Å². The number of carbonyl (C=O) groups excluding carboxylic acids is 1. The summed E-state index contributed by atoms with van der Waals surface area (Å²) in [5, 5.41) is 4.70. The number of anilines is 1. The predicted molar refractivity (Wildman–Crippen MR) is 96.7 cm³/mol. The summed E-state index contributed by atoms with van der Waals surface area (Å²) in [5.74, 6) is 0.0344. The van der Waals surface area contributed by atoms with Gasteiger partial charge in [0.15, 0.2) is 5.13 Å². The van der Waals surface area contributed by atoms with Gasteiger partial charge in [-0.3, -0.25) is 9.69 Å². The number of thiazole rings is 1. The molecule has 1 fully saturated rings. The quantitative estimate of drug-likeness (QED) is 0.918. The van der Waals surface area contributed by atoms with E-state index in [4.69, 9.17) is 16.6 Å². The van der Waals surface area contributed by atoms with Crippen LogP contribution in [0.5, 0.6) is 0 Å². The average molecular weight is 353 g/mol. The lowest BCUT2D eigenvalue weighted by atomic mass is 10.2. The molecule has 1 aliphatic rings. The summed E-state index contributed by atoms with van der Waals surface area (Å²) in [7, 11) is 0. The Balaban J connectivity index is 1.61. The molecule has 0 bridgehead atoms. The number of rotatable bonds is 4. The van der Waals surface area contributed by atoms with E-state index in [0.717, 1.165) is 54.0 Å². The fourth-order valence-corrected chi connectivity index (χ4v) is 4.01. The molecule has 1 N–H and O–H groups in total. The average Bonchev–Trinajstić information content (AvgIpc) is 2.96. The zero-order chi connectivity index (χ0) is 16.4. The Hall–Kier alpha value is -1.37. The number of nitrogens with zero attached hydrogens (tertiary/aromatic N) is 3. The third kappa shape index (κ3) is 3.76. The molecule has 0 spiro atoms. The third-order valence-corrected chi connectivity index (χ3v) is 5.67. The van der Waals surface area contributed by atoms with Gasteiger partial charge in [0.25, 0.3) is 0 Å². The molecule has 2 aromatic rings. The number of piperazine rings is 1. The number of fused-ring (bicyclic) bond motifs is 1. The van der Waals surface area contributed by atoms with Crippen molar-refractivity contribution in [1.82, 2.24) is 15.2 Å². The molecule has 5 nitrogen and oxygen atoms in total. The van der Waals surface area contributed by atoms with Crippen molar-refractivity contribution in [3.05, 3.63) is 22.7 Å². The molecular weight excluding hydrogens is 332 g/mol. The maximum absolute atomic E-state index is 10.9. The van der Waals surface area contributed by atoms with Crippen LogP contribution in [0, 0.1) is 6.92 Å². The van der Waals surface area contributed by atoms with E-state index in [0.29, 0.717) is 6.54 Å². The molecule has 1 aromatic heterocycles. The fourth-order valence-electron chi connectivity index (χ4n) is 2.78. The smallest absolute Gasteiger partial charge is 0.216 e. The summed E-state index contributed by atoms with van der Waals surface area (Å²) in [6, 6.07) is 4.00. The van der Waals surface area contributed by atoms with Gasteiger partial charge in [0.05, 0.1) is 10.2 Å². The van der Waals surface area contributed by atoms with Crippen molar-refractivity contribution in [2.45, 2.75) is 13.8 Å². The molecule has 1 amide bonds. The van der Waals surface area contributed by atoms with Crippen molar-refractivity contribution >= 4 is 44.2 Å². The first-order valence-corrected chi connectivity index (χ1v) is 9.01. The molecule has 1 aromatic carbocycles. The minimum absolute atomic E-state index is 0.0344. The summed E-state index contributed by atoms with van der Waals surface area (Å²) < 4.78 is 1.19. The molecule has 7 heteroatoms. The monoisotopic (exact) mass is 352 g/mol. The molecular formula is C16H21ClN4OS. The molecule has 124 valence electrons. The fraction of sp³-hybridized carbons (Fsp3) is 0.500. The first-order chi connectivity index (χ1) is 11.0.